The second-order valence-electron chi connectivity index (χ2n) is 9.04. The Balaban J connectivity index is 1.56. The van der Waals surface area contributed by atoms with Gasteiger partial charge in [0, 0.05) is 70.7 Å². The zero-order chi connectivity index (χ0) is 29.9. The number of phenols is 6. The molecule has 7 rings (SSSR count). The van der Waals surface area contributed by atoms with Gasteiger partial charge in [-0.1, -0.05) is 0 Å². The van der Waals surface area contributed by atoms with Gasteiger partial charge in [-0.15, -0.1) is 0 Å². The number of aromatic hydroxyl groups is 6. The van der Waals surface area contributed by atoms with Gasteiger partial charge >= 0.3 is 0 Å². The van der Waals surface area contributed by atoms with Crippen molar-refractivity contribution in [2.75, 3.05) is 39.3 Å². The molecule has 12 nitrogen and oxygen atoms in total. The Morgan fingerprint density at radius 1 is 0.286 bits per heavy atom. The largest absolute Gasteiger partial charge is 0.504 e. The average molecular weight is 571 g/mol. The molecule has 0 fully saturated rings. The second kappa shape index (κ2) is 14.2. The highest BCUT2D eigenvalue weighted by Crippen LogP contribution is 2.32. The highest BCUT2D eigenvalue weighted by atomic mass is 16.3. The molecule has 4 heterocycles. The van der Waals surface area contributed by atoms with Crippen molar-refractivity contribution in [3.63, 3.8) is 0 Å². The second-order valence-corrected chi connectivity index (χ2v) is 9.04. The zero-order valence-electron chi connectivity index (χ0n) is 22.5. The molecular weight excluding hydrogens is 540 g/mol. The van der Waals surface area contributed by atoms with Gasteiger partial charge in [0.05, 0.1) is 39.3 Å². The third-order valence-corrected chi connectivity index (χ3v) is 6.10. The minimum absolute atomic E-state index is 0.280. The summed E-state index contributed by atoms with van der Waals surface area (Å²) >= 11 is 0. The van der Waals surface area contributed by atoms with Crippen LogP contribution in [0, 0.1) is 0 Å². The minimum atomic E-state index is -0.336. The maximum Gasteiger partial charge on any atom is 0.167 e. The molecule has 3 aromatic carbocycles. The molecule has 0 unspecified atom stereocenters. The zero-order valence-corrected chi connectivity index (χ0v) is 22.5. The highest BCUT2D eigenvalue weighted by Gasteiger charge is 2.11. The standard InChI is InChI=1S/C30H30N6O6/c37-25-19-1-2-20(26(25)38)14-32-9-10-34-16-22-5-6-24(30(42)28(22)40)18-36-12-11-35-17-23-4-3-21(27(39)29(23)41)15-33-8-7-31-13-19/h1-6,13-18,37-42H,7-12H2. The van der Waals surface area contributed by atoms with Crippen molar-refractivity contribution in [1.29, 1.82) is 0 Å². The number of hydrogen-bond acceptors (Lipinski definition) is 12. The predicted molar refractivity (Wildman–Crippen MR) is 164 cm³/mol. The lowest BCUT2D eigenvalue weighted by molar-refractivity contribution is 0.402. The quantitative estimate of drug-likeness (QED) is 0.225. The molecule has 0 radical (unpaired) electrons. The molecule has 0 saturated carbocycles. The Hall–Kier alpha value is -5.52. The van der Waals surface area contributed by atoms with Gasteiger partial charge in [0.2, 0.25) is 0 Å². The van der Waals surface area contributed by atoms with Crippen LogP contribution < -0.4 is 0 Å². The van der Waals surface area contributed by atoms with Crippen LogP contribution in [0.5, 0.6) is 34.5 Å². The first-order valence-corrected chi connectivity index (χ1v) is 13.0. The maximum atomic E-state index is 10.3. The third-order valence-electron chi connectivity index (χ3n) is 6.10. The Morgan fingerprint density at radius 3 is 0.571 bits per heavy atom. The van der Waals surface area contributed by atoms with Gasteiger partial charge in [-0.05, 0) is 36.4 Å². The lowest BCUT2D eigenvalue weighted by atomic mass is 10.1. The number of nitrogens with zero attached hydrogens (tertiary/aromatic N) is 6. The smallest absolute Gasteiger partial charge is 0.167 e. The first-order valence-electron chi connectivity index (χ1n) is 13.0. The molecule has 0 spiro atoms. The third kappa shape index (κ3) is 7.36. The number of rotatable bonds is 0. The van der Waals surface area contributed by atoms with E-state index >= 15 is 0 Å². The molecule has 0 saturated heterocycles. The van der Waals surface area contributed by atoms with Crippen LogP contribution in [0.4, 0.5) is 0 Å². The van der Waals surface area contributed by atoms with E-state index in [0.29, 0.717) is 33.4 Å². The van der Waals surface area contributed by atoms with Crippen molar-refractivity contribution < 1.29 is 30.6 Å². The lowest BCUT2D eigenvalue weighted by Gasteiger charge is -2.06. The van der Waals surface area contributed by atoms with Gasteiger partial charge in [-0.3, -0.25) is 30.0 Å². The summed E-state index contributed by atoms with van der Waals surface area (Å²) in [5.74, 6) is -2.02. The number of fused-ring (bicyclic) bond motifs is 2. The summed E-state index contributed by atoms with van der Waals surface area (Å²) in [4.78, 5) is 25.3. The Labute approximate surface area is 241 Å². The Bertz CT molecular complexity index is 1300. The molecule has 4 aliphatic heterocycles. The van der Waals surface area contributed by atoms with Crippen LogP contribution in [0.1, 0.15) is 33.4 Å². The van der Waals surface area contributed by atoms with E-state index in [1.54, 1.807) is 36.4 Å². The van der Waals surface area contributed by atoms with E-state index in [0.717, 1.165) is 0 Å². The topological polar surface area (TPSA) is 196 Å². The number of phenolic OH excluding ortho intramolecular Hbond substituents is 6. The summed E-state index contributed by atoms with van der Waals surface area (Å²) < 4.78 is 0. The van der Waals surface area contributed by atoms with Gasteiger partial charge in [0.25, 0.3) is 0 Å². The SMILES string of the molecule is Oc1c2ccc(c1O)C=NCCN=Cc1ccc(c(O)c1O)C=NCCN=Cc1ccc(c(O)c1O)C=NCCN=C2. The van der Waals surface area contributed by atoms with Gasteiger partial charge in [-0.2, -0.15) is 0 Å². The van der Waals surface area contributed by atoms with Gasteiger partial charge in [0.1, 0.15) is 0 Å². The van der Waals surface area contributed by atoms with Crippen LogP contribution in [-0.2, 0) is 0 Å². The first kappa shape index (κ1) is 29.5. The molecule has 4 aliphatic rings. The summed E-state index contributed by atoms with van der Waals surface area (Å²) in [6.45, 7) is 1.68. The summed E-state index contributed by atoms with van der Waals surface area (Å²) in [6, 6.07) is 9.56. The van der Waals surface area contributed by atoms with E-state index in [1.165, 1.54) is 37.3 Å². The molecule has 216 valence electrons. The van der Waals surface area contributed by atoms with Crippen LogP contribution in [-0.4, -0.2) is 107 Å². The fourth-order valence-electron chi connectivity index (χ4n) is 3.78. The molecule has 0 aliphatic carbocycles. The predicted octanol–water partition coefficient (Wildman–Crippen LogP) is 2.85. The highest BCUT2D eigenvalue weighted by molar-refractivity contribution is 5.93. The molecule has 6 bridgehead atoms. The normalized spacial score (nSPS) is 14.6. The van der Waals surface area contributed by atoms with Gasteiger partial charge < -0.3 is 30.6 Å². The first-order chi connectivity index (χ1) is 20.4. The van der Waals surface area contributed by atoms with Crippen LogP contribution in [0.25, 0.3) is 0 Å². The summed E-state index contributed by atoms with van der Waals surface area (Å²) in [7, 11) is 0. The van der Waals surface area contributed by atoms with Crippen LogP contribution in [0.15, 0.2) is 66.4 Å². The minimum Gasteiger partial charge on any atom is -0.504 e. The summed E-state index contributed by atoms with van der Waals surface area (Å²) in [6.07, 6.45) is 8.51. The van der Waals surface area contributed by atoms with Crippen molar-refractivity contribution in [2.45, 2.75) is 0 Å². The lowest BCUT2D eigenvalue weighted by Crippen LogP contribution is -1.95. The van der Waals surface area contributed by atoms with Gasteiger partial charge in [-0.25, -0.2) is 0 Å². The van der Waals surface area contributed by atoms with Crippen molar-refractivity contribution in [2.24, 2.45) is 30.0 Å². The molecular formula is C30H30N6O6. The molecule has 0 amide bonds. The van der Waals surface area contributed by atoms with Crippen LogP contribution >= 0.6 is 0 Å². The van der Waals surface area contributed by atoms with Crippen molar-refractivity contribution in [1.82, 2.24) is 0 Å². The van der Waals surface area contributed by atoms with Crippen molar-refractivity contribution in [3.8, 4) is 34.5 Å². The number of hydrogen-bond donors (Lipinski definition) is 6. The van der Waals surface area contributed by atoms with Crippen LogP contribution in [0.3, 0.4) is 0 Å². The monoisotopic (exact) mass is 570 g/mol. The molecule has 6 N–H and O–H groups in total. The van der Waals surface area contributed by atoms with Crippen molar-refractivity contribution >= 4 is 37.3 Å². The molecule has 0 aromatic heterocycles. The van der Waals surface area contributed by atoms with Gasteiger partial charge in [0.15, 0.2) is 34.5 Å². The number of aliphatic imine (C=N–C) groups is 6. The molecule has 0 atom stereocenters. The molecule has 12 heteroatoms. The molecule has 3 aromatic rings. The van der Waals surface area contributed by atoms with E-state index < -0.39 is 0 Å². The van der Waals surface area contributed by atoms with Crippen LogP contribution in [0.2, 0.25) is 0 Å². The van der Waals surface area contributed by atoms with E-state index in [4.69, 9.17) is 0 Å². The summed E-state index contributed by atoms with van der Waals surface area (Å²) in [5.41, 5.74) is 1.91. The Kier molecular flexibility index (Phi) is 9.97. The summed E-state index contributed by atoms with van der Waals surface area (Å²) in [5, 5.41) is 62.1. The fraction of sp³-hybridized carbons (Fsp3) is 0.200. The van der Waals surface area contributed by atoms with E-state index in [9.17, 15) is 30.6 Å². The van der Waals surface area contributed by atoms with E-state index in [2.05, 4.69) is 30.0 Å². The van der Waals surface area contributed by atoms with E-state index in [1.807, 2.05) is 0 Å². The fourth-order valence-corrected chi connectivity index (χ4v) is 3.78. The Morgan fingerprint density at radius 2 is 0.429 bits per heavy atom. The van der Waals surface area contributed by atoms with Crippen molar-refractivity contribution in [3.05, 3.63) is 69.8 Å². The average Bonchev–Trinajstić information content (AvgIpc) is 2.98. The maximum absolute atomic E-state index is 10.3. The van der Waals surface area contributed by atoms with E-state index in [-0.39, 0.29) is 73.8 Å². The molecule has 42 heavy (non-hydrogen) atoms. The number of benzene rings is 3.